The quantitative estimate of drug-likeness (QED) is 0.393. The van der Waals surface area contributed by atoms with Crippen molar-refractivity contribution in [1.29, 1.82) is 0 Å². The number of urea groups is 1. The second kappa shape index (κ2) is 8.03. The van der Waals surface area contributed by atoms with Gasteiger partial charge in [0.2, 0.25) is 11.7 Å². The highest BCUT2D eigenvalue weighted by atomic mass is 19.1. The van der Waals surface area contributed by atoms with Crippen LogP contribution in [-0.2, 0) is 15.1 Å². The molecule has 0 bridgehead atoms. The maximum absolute atomic E-state index is 14.8. The molecule has 34 heavy (non-hydrogen) atoms. The number of halogens is 1. The van der Waals surface area contributed by atoms with Gasteiger partial charge < -0.3 is 10.6 Å². The van der Waals surface area contributed by atoms with Gasteiger partial charge in [0, 0.05) is 0 Å². The maximum Gasteiger partial charge on any atom is 0.325 e. The Morgan fingerprint density at radius 1 is 1.09 bits per heavy atom. The van der Waals surface area contributed by atoms with Gasteiger partial charge in [0.25, 0.3) is 5.91 Å². The molecular formula is C23H18FN7O3. The number of aromatic amines is 1. The van der Waals surface area contributed by atoms with Gasteiger partial charge in [0.15, 0.2) is 5.82 Å². The number of carbonyl (C=O) groups is 3. The molecule has 10 nitrogen and oxygen atoms in total. The fourth-order valence-electron chi connectivity index (χ4n) is 3.95. The normalized spacial score (nSPS) is 17.8. The van der Waals surface area contributed by atoms with Crippen LogP contribution in [0.2, 0.25) is 0 Å². The molecule has 1 atom stereocenters. The summed E-state index contributed by atoms with van der Waals surface area (Å²) in [5.41, 5.74) is -0.862. The number of fused-ring (bicyclic) bond motifs is 1. The van der Waals surface area contributed by atoms with Gasteiger partial charge in [0.1, 0.15) is 12.1 Å². The lowest BCUT2D eigenvalue weighted by Crippen LogP contribution is -2.42. The van der Waals surface area contributed by atoms with Crippen molar-refractivity contribution in [2.24, 2.45) is 0 Å². The number of H-pyrrole nitrogens is 1. The molecule has 3 aromatic carbocycles. The van der Waals surface area contributed by atoms with Gasteiger partial charge in [-0.25, -0.2) is 9.18 Å². The largest absolute Gasteiger partial charge is 0.325 e. The lowest BCUT2D eigenvalue weighted by molar-refractivity contribution is -0.133. The fourth-order valence-corrected chi connectivity index (χ4v) is 3.95. The number of aromatic nitrogens is 4. The van der Waals surface area contributed by atoms with E-state index in [-0.39, 0.29) is 17.1 Å². The molecule has 170 valence electrons. The van der Waals surface area contributed by atoms with E-state index < -0.39 is 35.7 Å². The zero-order chi connectivity index (χ0) is 23.9. The molecule has 5 rings (SSSR count). The van der Waals surface area contributed by atoms with Crippen LogP contribution < -0.4 is 10.6 Å². The number of anilines is 1. The van der Waals surface area contributed by atoms with E-state index >= 15 is 0 Å². The van der Waals surface area contributed by atoms with E-state index in [2.05, 4.69) is 31.3 Å². The zero-order valence-electron chi connectivity index (χ0n) is 17.9. The summed E-state index contributed by atoms with van der Waals surface area (Å²) in [4.78, 5) is 39.3. The van der Waals surface area contributed by atoms with E-state index in [1.54, 1.807) is 13.0 Å². The van der Waals surface area contributed by atoms with E-state index in [1.807, 2.05) is 36.4 Å². The molecule has 3 N–H and O–H groups in total. The van der Waals surface area contributed by atoms with E-state index in [1.165, 1.54) is 18.2 Å². The van der Waals surface area contributed by atoms with Gasteiger partial charge in [0.05, 0.1) is 11.3 Å². The minimum atomic E-state index is -1.34. The van der Waals surface area contributed by atoms with Gasteiger partial charge in [-0.3, -0.25) is 14.5 Å². The number of nitrogens with zero attached hydrogens (tertiary/aromatic N) is 4. The SMILES string of the molecule is CC1(c2ccc3ccccc3c2)NC(=O)N(CC(=O)Nc2cccc(-c3nn[nH]n3)c2F)C1=O. The number of benzene rings is 3. The summed E-state index contributed by atoms with van der Waals surface area (Å²) in [7, 11) is 0. The standard InChI is InChI=1S/C23H18FN7O3/c1-23(15-10-9-13-5-2-3-6-14(13)11-15)21(33)31(22(34)26-23)12-18(32)25-17-8-4-7-16(19(17)24)20-27-29-30-28-20/h2-11H,12H2,1H3,(H,25,32)(H,26,34)(H,27,28,29,30). The second-order valence-corrected chi connectivity index (χ2v) is 7.96. The van der Waals surface area contributed by atoms with Crippen molar-refractivity contribution in [2.75, 3.05) is 11.9 Å². The molecule has 2 heterocycles. The highest BCUT2D eigenvalue weighted by molar-refractivity contribution is 6.10. The van der Waals surface area contributed by atoms with Gasteiger partial charge in [-0.05, 0) is 46.7 Å². The molecule has 0 saturated carbocycles. The second-order valence-electron chi connectivity index (χ2n) is 7.96. The lowest BCUT2D eigenvalue weighted by atomic mass is 9.90. The van der Waals surface area contributed by atoms with Crippen molar-refractivity contribution in [3.05, 3.63) is 72.0 Å². The van der Waals surface area contributed by atoms with Crippen LogP contribution >= 0.6 is 0 Å². The fraction of sp³-hybridized carbons (Fsp3) is 0.130. The molecule has 1 aliphatic rings. The Hall–Kier alpha value is -4.67. The highest BCUT2D eigenvalue weighted by Crippen LogP contribution is 2.31. The number of carbonyl (C=O) groups excluding carboxylic acids is 3. The molecule has 4 amide bonds. The number of hydrogen-bond donors (Lipinski definition) is 3. The van der Waals surface area contributed by atoms with Crippen molar-refractivity contribution in [2.45, 2.75) is 12.5 Å². The summed E-state index contributed by atoms with van der Waals surface area (Å²) in [6.07, 6.45) is 0. The molecule has 1 aromatic heterocycles. The van der Waals surface area contributed by atoms with Gasteiger partial charge in [-0.2, -0.15) is 5.21 Å². The average Bonchev–Trinajstić information content (AvgIpc) is 3.44. The van der Waals surface area contributed by atoms with Gasteiger partial charge in [-0.15, -0.1) is 10.2 Å². The van der Waals surface area contributed by atoms with E-state index in [9.17, 15) is 18.8 Å². The first kappa shape index (κ1) is 21.2. The lowest BCUT2D eigenvalue weighted by Gasteiger charge is -2.22. The minimum absolute atomic E-state index is 0.0221. The molecule has 11 heteroatoms. The topological polar surface area (TPSA) is 133 Å². The number of imide groups is 1. The first-order chi connectivity index (χ1) is 16.4. The number of tetrazole rings is 1. The third-order valence-corrected chi connectivity index (χ3v) is 5.76. The van der Waals surface area contributed by atoms with E-state index in [0.717, 1.165) is 15.7 Å². The smallest absolute Gasteiger partial charge is 0.322 e. The van der Waals surface area contributed by atoms with Crippen LogP contribution in [0.5, 0.6) is 0 Å². The van der Waals surface area contributed by atoms with Crippen molar-refractivity contribution < 1.29 is 18.8 Å². The number of amides is 4. The third kappa shape index (κ3) is 3.52. The molecule has 0 aliphatic carbocycles. The number of rotatable bonds is 5. The van der Waals surface area contributed by atoms with Crippen molar-refractivity contribution in [1.82, 2.24) is 30.8 Å². The number of nitrogens with one attached hydrogen (secondary N) is 3. The van der Waals surface area contributed by atoms with Crippen LogP contribution in [0.3, 0.4) is 0 Å². The van der Waals surface area contributed by atoms with Crippen LogP contribution in [0.15, 0.2) is 60.7 Å². The van der Waals surface area contributed by atoms with Crippen LogP contribution in [0.4, 0.5) is 14.9 Å². The summed E-state index contributed by atoms with van der Waals surface area (Å²) in [5, 5.41) is 20.1. The summed E-state index contributed by atoms with van der Waals surface area (Å²) in [6.45, 7) is 1.00. The van der Waals surface area contributed by atoms with Gasteiger partial charge >= 0.3 is 6.03 Å². The molecule has 1 unspecified atom stereocenters. The Bertz CT molecular complexity index is 1440. The minimum Gasteiger partial charge on any atom is -0.322 e. The third-order valence-electron chi connectivity index (χ3n) is 5.76. The summed E-state index contributed by atoms with van der Waals surface area (Å²) >= 11 is 0. The first-order valence-corrected chi connectivity index (χ1v) is 10.3. The Morgan fingerprint density at radius 2 is 1.88 bits per heavy atom. The predicted octanol–water partition coefficient (Wildman–Crippen LogP) is 2.56. The van der Waals surface area contributed by atoms with Crippen LogP contribution in [0.1, 0.15) is 12.5 Å². The molecule has 4 aromatic rings. The van der Waals surface area contributed by atoms with Crippen molar-refractivity contribution >= 4 is 34.3 Å². The van der Waals surface area contributed by atoms with Gasteiger partial charge in [-0.1, -0.05) is 42.5 Å². The number of hydrogen-bond acceptors (Lipinski definition) is 6. The first-order valence-electron chi connectivity index (χ1n) is 10.3. The predicted molar refractivity (Wildman–Crippen MR) is 120 cm³/mol. The molecule has 0 spiro atoms. The summed E-state index contributed by atoms with van der Waals surface area (Å²) in [6, 6.07) is 16.7. The summed E-state index contributed by atoms with van der Waals surface area (Å²) < 4.78 is 14.8. The van der Waals surface area contributed by atoms with Crippen LogP contribution in [0.25, 0.3) is 22.2 Å². The molecular weight excluding hydrogens is 441 g/mol. The van der Waals surface area contributed by atoms with Crippen LogP contribution in [0, 0.1) is 5.82 Å². The van der Waals surface area contributed by atoms with Crippen molar-refractivity contribution in [3.8, 4) is 11.4 Å². The molecule has 1 aliphatic heterocycles. The molecule has 1 saturated heterocycles. The molecule has 0 radical (unpaired) electrons. The highest BCUT2D eigenvalue weighted by Gasteiger charge is 2.49. The van der Waals surface area contributed by atoms with Crippen LogP contribution in [-0.4, -0.2) is 49.9 Å². The Labute approximate surface area is 192 Å². The maximum atomic E-state index is 14.8. The Balaban J connectivity index is 1.35. The Kier molecular flexibility index (Phi) is 5.01. The van der Waals surface area contributed by atoms with E-state index in [4.69, 9.17) is 0 Å². The van der Waals surface area contributed by atoms with E-state index in [0.29, 0.717) is 5.56 Å². The van der Waals surface area contributed by atoms with Crippen molar-refractivity contribution in [3.63, 3.8) is 0 Å². The Morgan fingerprint density at radius 3 is 2.65 bits per heavy atom. The average molecular weight is 459 g/mol. The monoisotopic (exact) mass is 459 g/mol. The molecule has 1 fully saturated rings. The summed E-state index contributed by atoms with van der Waals surface area (Å²) in [5.74, 6) is -2.07. The zero-order valence-corrected chi connectivity index (χ0v) is 17.9.